The van der Waals surface area contributed by atoms with Crippen molar-refractivity contribution in [2.45, 2.75) is 32.0 Å². The zero-order chi connectivity index (χ0) is 24.0. The Kier molecular flexibility index (Phi) is 6.97. The summed E-state index contributed by atoms with van der Waals surface area (Å²) in [5.74, 6) is 0.286. The van der Waals surface area contributed by atoms with Gasteiger partial charge in [0.2, 0.25) is 0 Å². The van der Waals surface area contributed by atoms with Gasteiger partial charge in [-0.25, -0.2) is 19.7 Å². The maximum Gasteiger partial charge on any atom is 0.267 e. The Morgan fingerprint density at radius 1 is 1.09 bits per heavy atom. The van der Waals surface area contributed by atoms with E-state index in [1.165, 1.54) is 18.2 Å². The summed E-state index contributed by atoms with van der Waals surface area (Å²) in [4.78, 5) is 25.3. The molecule has 3 aromatic carbocycles. The van der Waals surface area contributed by atoms with Crippen LogP contribution in [0.4, 0.5) is 4.39 Å². The van der Waals surface area contributed by atoms with Gasteiger partial charge in [-0.3, -0.25) is 4.79 Å². The van der Waals surface area contributed by atoms with Crippen molar-refractivity contribution in [1.29, 1.82) is 0 Å². The molecule has 1 fully saturated rings. The molecule has 1 aliphatic rings. The largest absolute Gasteiger partial charge is 0.350 e. The number of rotatable bonds is 7. The second kappa shape index (κ2) is 10.6. The van der Waals surface area contributed by atoms with Crippen LogP contribution in [0.5, 0.6) is 0 Å². The number of fused-ring (bicyclic) bond motifs is 1. The molecule has 4 aromatic rings. The Morgan fingerprint density at radius 2 is 1.89 bits per heavy atom. The maximum absolute atomic E-state index is 13.2. The molecule has 1 aromatic heterocycles. The third-order valence-corrected chi connectivity index (χ3v) is 5.92. The number of halogens is 1. The number of carbonyl (C=O) groups excluding carboxylic acids is 1. The van der Waals surface area contributed by atoms with Gasteiger partial charge in [0, 0.05) is 25.5 Å². The van der Waals surface area contributed by atoms with Gasteiger partial charge >= 0.3 is 0 Å². The fourth-order valence-electron chi connectivity index (χ4n) is 4.04. The molecule has 178 valence electrons. The number of imidazole rings is 1. The van der Waals surface area contributed by atoms with Crippen LogP contribution < -0.4 is 5.48 Å². The number of ether oxygens (including phenoxy) is 1. The van der Waals surface area contributed by atoms with Crippen LogP contribution in [0.1, 0.15) is 36.2 Å². The average molecular weight is 472 g/mol. The molecule has 1 unspecified atom stereocenters. The number of nitrogens with one attached hydrogen (secondary N) is 2. The predicted molar refractivity (Wildman–Crippen MR) is 133 cm³/mol. The van der Waals surface area contributed by atoms with Gasteiger partial charge in [0.15, 0.2) is 6.29 Å². The average Bonchev–Trinajstić information content (AvgIpc) is 3.29. The molecule has 1 amide bonds. The molecule has 0 spiro atoms. The maximum atomic E-state index is 13.2. The number of hydrogen-bond acceptors (Lipinski definition) is 4. The lowest BCUT2D eigenvalue weighted by atomic mass is 10.1. The highest BCUT2D eigenvalue weighted by molar-refractivity contribution is 5.91. The predicted octanol–water partition coefficient (Wildman–Crippen LogP) is 5.55. The van der Waals surface area contributed by atoms with Gasteiger partial charge in [-0.05, 0) is 65.4 Å². The molecule has 0 bridgehead atoms. The molecule has 5 rings (SSSR count). The first-order valence-corrected chi connectivity index (χ1v) is 11.7. The lowest BCUT2D eigenvalue weighted by molar-refractivity contribution is -0.198. The monoisotopic (exact) mass is 471 g/mol. The molecular weight excluding hydrogens is 445 g/mol. The van der Waals surface area contributed by atoms with Crippen molar-refractivity contribution in [3.8, 4) is 11.1 Å². The summed E-state index contributed by atoms with van der Waals surface area (Å²) >= 11 is 0. The lowest BCUT2D eigenvalue weighted by Gasteiger charge is -2.21. The summed E-state index contributed by atoms with van der Waals surface area (Å²) in [6.07, 6.45) is 6.31. The molecular formula is C28H26FN3O3. The third kappa shape index (κ3) is 6.01. The summed E-state index contributed by atoms with van der Waals surface area (Å²) in [6.45, 7) is 0.661. The minimum atomic E-state index is -0.367. The van der Waals surface area contributed by atoms with Gasteiger partial charge < -0.3 is 9.72 Å². The summed E-state index contributed by atoms with van der Waals surface area (Å²) in [5, 5.41) is 0. The number of carbonyl (C=O) groups is 1. The van der Waals surface area contributed by atoms with Crippen molar-refractivity contribution < 1.29 is 18.8 Å². The van der Waals surface area contributed by atoms with Gasteiger partial charge in [0.05, 0.1) is 11.0 Å². The molecule has 35 heavy (non-hydrogen) atoms. The van der Waals surface area contributed by atoms with Crippen molar-refractivity contribution in [3.63, 3.8) is 0 Å². The van der Waals surface area contributed by atoms with E-state index >= 15 is 0 Å². The van der Waals surface area contributed by atoms with Crippen molar-refractivity contribution in [1.82, 2.24) is 15.4 Å². The number of benzene rings is 3. The van der Waals surface area contributed by atoms with Crippen molar-refractivity contribution >= 4 is 23.0 Å². The van der Waals surface area contributed by atoms with Gasteiger partial charge in [-0.1, -0.05) is 42.5 Å². The van der Waals surface area contributed by atoms with E-state index in [2.05, 4.69) is 10.5 Å². The summed E-state index contributed by atoms with van der Waals surface area (Å²) in [7, 11) is 0. The van der Waals surface area contributed by atoms with Gasteiger partial charge in [-0.2, -0.15) is 0 Å². The number of hydroxylamine groups is 1. The normalized spacial score (nSPS) is 16.1. The van der Waals surface area contributed by atoms with Gasteiger partial charge in [0.25, 0.3) is 5.91 Å². The first-order chi connectivity index (χ1) is 17.1. The number of nitrogens with zero attached hydrogens (tertiary/aromatic N) is 1. The van der Waals surface area contributed by atoms with Crippen LogP contribution in [0.15, 0.2) is 72.8 Å². The number of hydrogen-bond donors (Lipinski definition) is 2. The van der Waals surface area contributed by atoms with E-state index in [1.54, 1.807) is 18.2 Å². The Hall–Kier alpha value is -3.81. The Bertz CT molecular complexity index is 1320. The molecule has 2 N–H and O–H groups in total. The molecule has 6 nitrogen and oxygen atoms in total. The Balaban J connectivity index is 1.18. The lowest BCUT2D eigenvalue weighted by Crippen LogP contribution is -2.32. The number of amides is 1. The van der Waals surface area contributed by atoms with E-state index in [0.717, 1.165) is 58.4 Å². The Labute approximate surface area is 202 Å². The van der Waals surface area contributed by atoms with E-state index in [-0.39, 0.29) is 18.0 Å². The second-order valence-corrected chi connectivity index (χ2v) is 8.55. The van der Waals surface area contributed by atoms with E-state index in [9.17, 15) is 9.18 Å². The van der Waals surface area contributed by atoms with E-state index < -0.39 is 0 Å². The van der Waals surface area contributed by atoms with Gasteiger partial charge in [-0.15, -0.1) is 0 Å². The molecule has 0 saturated carbocycles. The van der Waals surface area contributed by atoms with Crippen LogP contribution in [0, 0.1) is 5.82 Å². The summed E-state index contributed by atoms with van der Waals surface area (Å²) < 4.78 is 18.6. The van der Waals surface area contributed by atoms with Crippen molar-refractivity contribution in [2.24, 2.45) is 0 Å². The highest BCUT2D eigenvalue weighted by Crippen LogP contribution is 2.24. The molecule has 1 atom stereocenters. The zero-order valence-corrected chi connectivity index (χ0v) is 19.2. The van der Waals surface area contributed by atoms with Crippen LogP contribution in [-0.4, -0.2) is 28.8 Å². The number of H-pyrrole nitrogens is 1. The van der Waals surface area contributed by atoms with Crippen LogP contribution in [0.25, 0.3) is 28.2 Å². The SMILES string of the molecule is O=C(/C=C/c1ccc(Cc2nc3ccc(-c4ccc(F)cc4)cc3[nH]2)cc1)NOC1CCCCO1. The quantitative estimate of drug-likeness (QED) is 0.274. The minimum Gasteiger partial charge on any atom is -0.350 e. The van der Waals surface area contributed by atoms with E-state index in [1.807, 2.05) is 42.5 Å². The number of aromatic amines is 1. The van der Waals surface area contributed by atoms with Crippen LogP contribution in [0.3, 0.4) is 0 Å². The summed E-state index contributed by atoms with van der Waals surface area (Å²) in [6, 6.07) is 20.4. The molecule has 0 radical (unpaired) electrons. The minimum absolute atomic E-state index is 0.248. The fraction of sp³-hybridized carbons (Fsp3) is 0.214. The topological polar surface area (TPSA) is 76.2 Å². The summed E-state index contributed by atoms with van der Waals surface area (Å²) in [5.41, 5.74) is 8.21. The van der Waals surface area contributed by atoms with Crippen LogP contribution in [0.2, 0.25) is 0 Å². The molecule has 1 aliphatic heterocycles. The highest BCUT2D eigenvalue weighted by Gasteiger charge is 2.15. The number of aromatic nitrogens is 2. The molecule has 2 heterocycles. The van der Waals surface area contributed by atoms with E-state index in [4.69, 9.17) is 14.6 Å². The molecule has 0 aliphatic carbocycles. The van der Waals surface area contributed by atoms with Crippen molar-refractivity contribution in [3.05, 3.63) is 95.6 Å². The van der Waals surface area contributed by atoms with Crippen LogP contribution >= 0.6 is 0 Å². The zero-order valence-electron chi connectivity index (χ0n) is 19.2. The third-order valence-electron chi connectivity index (χ3n) is 5.92. The Morgan fingerprint density at radius 3 is 2.66 bits per heavy atom. The fourth-order valence-corrected chi connectivity index (χ4v) is 4.04. The first kappa shape index (κ1) is 23.0. The highest BCUT2D eigenvalue weighted by atomic mass is 19.1. The van der Waals surface area contributed by atoms with Crippen LogP contribution in [-0.2, 0) is 20.8 Å². The van der Waals surface area contributed by atoms with E-state index in [0.29, 0.717) is 13.0 Å². The molecule has 7 heteroatoms. The smallest absolute Gasteiger partial charge is 0.267 e. The second-order valence-electron chi connectivity index (χ2n) is 8.55. The van der Waals surface area contributed by atoms with Gasteiger partial charge in [0.1, 0.15) is 11.6 Å². The standard InChI is InChI=1S/C28H26FN3O3/c29-23-12-9-21(10-13-23)22-11-14-24-25(18-22)31-26(30-24)17-20-6-4-19(5-7-20)8-15-27(33)32-35-28-3-1-2-16-34-28/h4-15,18,28H,1-3,16-17H2,(H,30,31)(H,32,33)/b15-8+. The molecule has 1 saturated heterocycles. The first-order valence-electron chi connectivity index (χ1n) is 11.7. The van der Waals surface area contributed by atoms with Crippen molar-refractivity contribution in [2.75, 3.05) is 6.61 Å².